The zero-order valence-corrected chi connectivity index (χ0v) is 11.2. The SMILES string of the molecule is COc1ccc(Cn2nc(C(=O)O)cc2C)cc1C. The van der Waals surface area contributed by atoms with Crippen LogP contribution in [-0.2, 0) is 6.54 Å². The van der Waals surface area contributed by atoms with Gasteiger partial charge in [-0.1, -0.05) is 12.1 Å². The molecule has 5 nitrogen and oxygen atoms in total. The number of aryl methyl sites for hydroxylation is 2. The van der Waals surface area contributed by atoms with Gasteiger partial charge in [-0.2, -0.15) is 5.10 Å². The molecule has 0 fully saturated rings. The molecule has 1 aromatic heterocycles. The highest BCUT2D eigenvalue weighted by atomic mass is 16.5. The Morgan fingerprint density at radius 1 is 1.37 bits per heavy atom. The summed E-state index contributed by atoms with van der Waals surface area (Å²) in [7, 11) is 1.64. The van der Waals surface area contributed by atoms with Gasteiger partial charge in [0.05, 0.1) is 13.7 Å². The molecule has 0 aliphatic rings. The Bertz CT molecular complexity index is 617. The molecule has 1 heterocycles. The number of aromatic carboxylic acids is 1. The van der Waals surface area contributed by atoms with Gasteiger partial charge in [0, 0.05) is 5.69 Å². The molecule has 0 saturated carbocycles. The summed E-state index contributed by atoms with van der Waals surface area (Å²) in [6, 6.07) is 7.44. The van der Waals surface area contributed by atoms with Crippen molar-refractivity contribution >= 4 is 5.97 Å². The van der Waals surface area contributed by atoms with Gasteiger partial charge in [0.2, 0.25) is 0 Å². The Hall–Kier alpha value is -2.30. The minimum absolute atomic E-state index is 0.0720. The van der Waals surface area contributed by atoms with Crippen LogP contribution in [0, 0.1) is 13.8 Å². The molecule has 0 atom stereocenters. The van der Waals surface area contributed by atoms with Crippen LogP contribution >= 0.6 is 0 Å². The van der Waals surface area contributed by atoms with Crippen LogP contribution in [0.4, 0.5) is 0 Å². The van der Waals surface area contributed by atoms with Gasteiger partial charge in [0.1, 0.15) is 5.75 Å². The van der Waals surface area contributed by atoms with E-state index in [9.17, 15) is 4.79 Å². The standard InChI is InChI=1S/C14H16N2O3/c1-9-6-11(4-5-13(9)19-3)8-16-10(2)7-12(15-16)14(17)18/h4-7H,8H2,1-3H3,(H,17,18). The lowest BCUT2D eigenvalue weighted by Crippen LogP contribution is -2.06. The summed E-state index contributed by atoms with van der Waals surface area (Å²) >= 11 is 0. The van der Waals surface area contributed by atoms with E-state index in [1.54, 1.807) is 17.9 Å². The minimum Gasteiger partial charge on any atom is -0.496 e. The molecule has 1 N–H and O–H groups in total. The Kier molecular flexibility index (Phi) is 3.55. The molecule has 2 aromatic rings. The van der Waals surface area contributed by atoms with Crippen molar-refractivity contribution in [1.82, 2.24) is 9.78 Å². The number of carboxylic acids is 1. The molecule has 1 aromatic carbocycles. The molecule has 5 heteroatoms. The fraction of sp³-hybridized carbons (Fsp3) is 0.286. The molecule has 0 unspecified atom stereocenters. The van der Waals surface area contributed by atoms with Gasteiger partial charge < -0.3 is 9.84 Å². The molecule has 0 amide bonds. The Balaban J connectivity index is 2.26. The lowest BCUT2D eigenvalue weighted by Gasteiger charge is -2.08. The van der Waals surface area contributed by atoms with Crippen LogP contribution in [0.1, 0.15) is 27.3 Å². The summed E-state index contributed by atoms with van der Waals surface area (Å²) in [5.41, 5.74) is 3.00. The number of nitrogens with zero attached hydrogens (tertiary/aromatic N) is 2. The predicted octanol–water partition coefficient (Wildman–Crippen LogP) is 2.26. The second kappa shape index (κ2) is 5.14. The van der Waals surface area contributed by atoms with E-state index < -0.39 is 5.97 Å². The fourth-order valence-electron chi connectivity index (χ4n) is 1.99. The second-order valence-electron chi connectivity index (χ2n) is 4.44. The highest BCUT2D eigenvalue weighted by Gasteiger charge is 2.11. The summed E-state index contributed by atoms with van der Waals surface area (Å²) in [5.74, 6) is -0.167. The normalized spacial score (nSPS) is 10.5. The number of benzene rings is 1. The molecule has 100 valence electrons. The first kappa shape index (κ1) is 13.1. The first-order valence-corrected chi connectivity index (χ1v) is 5.92. The molecular weight excluding hydrogens is 244 g/mol. The Morgan fingerprint density at radius 2 is 2.11 bits per heavy atom. The van der Waals surface area contributed by atoms with Crippen LogP contribution in [0.15, 0.2) is 24.3 Å². The summed E-state index contributed by atoms with van der Waals surface area (Å²) in [5, 5.41) is 13.0. The third kappa shape index (κ3) is 2.76. The molecular formula is C14H16N2O3. The van der Waals surface area contributed by atoms with Crippen LogP contribution in [0.2, 0.25) is 0 Å². The number of carbonyl (C=O) groups is 1. The van der Waals surface area contributed by atoms with E-state index in [1.165, 1.54) is 0 Å². The van der Waals surface area contributed by atoms with E-state index in [1.807, 2.05) is 32.0 Å². The maximum Gasteiger partial charge on any atom is 0.356 e. The lowest BCUT2D eigenvalue weighted by molar-refractivity contribution is 0.0689. The Morgan fingerprint density at radius 3 is 2.63 bits per heavy atom. The number of carboxylic acid groups (broad SMARTS) is 1. The zero-order chi connectivity index (χ0) is 14.0. The fourth-order valence-corrected chi connectivity index (χ4v) is 1.99. The van der Waals surface area contributed by atoms with Crippen molar-refractivity contribution in [3.05, 3.63) is 46.8 Å². The number of aromatic nitrogens is 2. The number of rotatable bonds is 4. The van der Waals surface area contributed by atoms with Gasteiger partial charge >= 0.3 is 5.97 Å². The molecule has 0 aliphatic heterocycles. The molecule has 0 spiro atoms. The van der Waals surface area contributed by atoms with Crippen molar-refractivity contribution in [2.45, 2.75) is 20.4 Å². The van der Waals surface area contributed by atoms with Gasteiger partial charge in [-0.25, -0.2) is 4.79 Å². The van der Waals surface area contributed by atoms with Crippen LogP contribution in [-0.4, -0.2) is 28.0 Å². The first-order chi connectivity index (χ1) is 9.01. The highest BCUT2D eigenvalue weighted by Crippen LogP contribution is 2.19. The first-order valence-electron chi connectivity index (χ1n) is 5.92. The largest absolute Gasteiger partial charge is 0.496 e. The van der Waals surface area contributed by atoms with Crippen LogP contribution in [0.25, 0.3) is 0 Å². The number of hydrogen-bond acceptors (Lipinski definition) is 3. The molecule has 0 saturated heterocycles. The van der Waals surface area contributed by atoms with Gasteiger partial charge in [-0.05, 0) is 37.1 Å². The van der Waals surface area contributed by atoms with Gasteiger partial charge in [0.15, 0.2) is 5.69 Å². The van der Waals surface area contributed by atoms with Crippen LogP contribution in [0.5, 0.6) is 5.75 Å². The second-order valence-corrected chi connectivity index (χ2v) is 4.44. The molecule has 0 radical (unpaired) electrons. The number of hydrogen-bond donors (Lipinski definition) is 1. The van der Waals surface area contributed by atoms with Crippen molar-refractivity contribution in [3.8, 4) is 5.75 Å². The maximum atomic E-state index is 10.9. The van der Waals surface area contributed by atoms with Crippen LogP contribution < -0.4 is 4.74 Å². The quantitative estimate of drug-likeness (QED) is 0.915. The number of ether oxygens (including phenoxy) is 1. The van der Waals surface area contributed by atoms with E-state index in [4.69, 9.17) is 9.84 Å². The van der Waals surface area contributed by atoms with E-state index in [0.717, 1.165) is 22.6 Å². The van der Waals surface area contributed by atoms with E-state index in [0.29, 0.717) is 6.54 Å². The van der Waals surface area contributed by atoms with Gasteiger partial charge in [0.25, 0.3) is 0 Å². The average Bonchev–Trinajstić information content (AvgIpc) is 2.71. The third-order valence-electron chi connectivity index (χ3n) is 2.99. The Labute approximate surface area is 111 Å². The van der Waals surface area contributed by atoms with Crippen molar-refractivity contribution < 1.29 is 14.6 Å². The summed E-state index contributed by atoms with van der Waals surface area (Å²) in [6.07, 6.45) is 0. The van der Waals surface area contributed by atoms with E-state index >= 15 is 0 Å². The zero-order valence-electron chi connectivity index (χ0n) is 11.2. The monoisotopic (exact) mass is 260 g/mol. The predicted molar refractivity (Wildman–Crippen MR) is 70.8 cm³/mol. The summed E-state index contributed by atoms with van der Waals surface area (Å²) in [4.78, 5) is 10.9. The van der Waals surface area contributed by atoms with E-state index in [-0.39, 0.29) is 5.69 Å². The topological polar surface area (TPSA) is 64.4 Å². The van der Waals surface area contributed by atoms with Gasteiger partial charge in [-0.15, -0.1) is 0 Å². The van der Waals surface area contributed by atoms with Crippen molar-refractivity contribution in [3.63, 3.8) is 0 Å². The smallest absolute Gasteiger partial charge is 0.356 e. The number of methoxy groups -OCH3 is 1. The lowest BCUT2D eigenvalue weighted by atomic mass is 10.1. The maximum absolute atomic E-state index is 10.9. The van der Waals surface area contributed by atoms with Crippen molar-refractivity contribution in [1.29, 1.82) is 0 Å². The highest BCUT2D eigenvalue weighted by molar-refractivity contribution is 5.85. The summed E-state index contributed by atoms with van der Waals surface area (Å²) in [6.45, 7) is 4.36. The third-order valence-corrected chi connectivity index (χ3v) is 2.99. The molecule has 0 aliphatic carbocycles. The molecule has 0 bridgehead atoms. The van der Waals surface area contributed by atoms with E-state index in [2.05, 4.69) is 5.10 Å². The molecule has 2 rings (SSSR count). The summed E-state index contributed by atoms with van der Waals surface area (Å²) < 4.78 is 6.89. The van der Waals surface area contributed by atoms with Crippen LogP contribution in [0.3, 0.4) is 0 Å². The molecule has 19 heavy (non-hydrogen) atoms. The minimum atomic E-state index is -1.01. The van der Waals surface area contributed by atoms with Crippen molar-refractivity contribution in [2.75, 3.05) is 7.11 Å². The average molecular weight is 260 g/mol. The van der Waals surface area contributed by atoms with Crippen molar-refractivity contribution in [2.24, 2.45) is 0 Å². The van der Waals surface area contributed by atoms with Gasteiger partial charge in [-0.3, -0.25) is 4.68 Å².